The van der Waals surface area contributed by atoms with Crippen LogP contribution in [0.25, 0.3) is 79.0 Å². The zero-order chi connectivity index (χ0) is 37.5. The van der Waals surface area contributed by atoms with Crippen LogP contribution in [0, 0.1) is 0 Å². The van der Waals surface area contributed by atoms with E-state index in [0.29, 0.717) is 0 Å². The maximum atomic E-state index is 5.20. The summed E-state index contributed by atoms with van der Waals surface area (Å²) in [5, 5.41) is 11.4. The molecule has 268 valence electrons. The molecule has 4 heterocycles. The number of nitrogens with one attached hydrogen (secondary N) is 1. The summed E-state index contributed by atoms with van der Waals surface area (Å²) in [5.41, 5.74) is 9.29. The smallest absolute Gasteiger partial charge is 0.159 e. The van der Waals surface area contributed by atoms with Gasteiger partial charge in [-0.05, 0) is 53.6 Å². The van der Waals surface area contributed by atoms with Crippen molar-refractivity contribution in [3.8, 4) is 16.8 Å². The van der Waals surface area contributed by atoms with Gasteiger partial charge in [-0.15, -0.1) is 22.7 Å². The molecule has 0 saturated carbocycles. The highest BCUT2D eigenvalue weighted by atomic mass is 32.1. The lowest BCUT2D eigenvalue weighted by Crippen LogP contribution is -2.33. The molecule has 0 fully saturated rings. The Hall–Kier alpha value is -6.86. The van der Waals surface area contributed by atoms with E-state index in [1.54, 1.807) is 0 Å². The first-order chi connectivity index (χ1) is 28.2. The van der Waals surface area contributed by atoms with Crippen molar-refractivity contribution in [1.29, 1.82) is 0 Å². The van der Waals surface area contributed by atoms with Crippen LogP contribution in [-0.4, -0.2) is 16.2 Å². The van der Waals surface area contributed by atoms with Crippen molar-refractivity contribution in [1.82, 2.24) is 9.88 Å². The Morgan fingerprint density at radius 3 is 1.86 bits per heavy atom. The van der Waals surface area contributed by atoms with E-state index in [2.05, 4.69) is 168 Å². The summed E-state index contributed by atoms with van der Waals surface area (Å²) in [7, 11) is 0. The molecule has 1 unspecified atom stereocenters. The van der Waals surface area contributed by atoms with Gasteiger partial charge in [0.15, 0.2) is 5.84 Å². The molecule has 1 aliphatic rings. The number of rotatable bonds is 5. The van der Waals surface area contributed by atoms with E-state index in [9.17, 15) is 0 Å². The largest absolute Gasteiger partial charge is 0.344 e. The van der Waals surface area contributed by atoms with Gasteiger partial charge in [-0.2, -0.15) is 0 Å². The fourth-order valence-electron chi connectivity index (χ4n) is 8.57. The Morgan fingerprint density at radius 2 is 1.07 bits per heavy atom. The first-order valence-electron chi connectivity index (χ1n) is 19.2. The van der Waals surface area contributed by atoms with Gasteiger partial charge in [-0.25, -0.2) is 9.98 Å². The van der Waals surface area contributed by atoms with E-state index < -0.39 is 0 Å². The van der Waals surface area contributed by atoms with Crippen molar-refractivity contribution in [2.75, 3.05) is 0 Å². The van der Waals surface area contributed by atoms with Gasteiger partial charge < -0.3 is 9.88 Å². The molecule has 0 spiro atoms. The molecule has 1 aliphatic heterocycles. The standard InChI is InChI=1S/C51H32N4S2/c1-3-12-31(13-4-1)49-52-50(32-14-5-2-6-15-32)54-51(53-49)41-19-11-18-40-38-25-22-34(29-46(38)57-48(40)41)33-23-27-45-42(28-33)39-26-24-35(30-47(39)56-45)55-43-20-9-7-16-36(43)37-17-8-10-21-44(37)55/h1-30,51H,(H,52,53,54). The van der Waals surface area contributed by atoms with E-state index in [1.165, 1.54) is 79.0 Å². The second-order valence-corrected chi connectivity index (χ2v) is 16.7. The lowest BCUT2D eigenvalue weighted by atomic mass is 10.0. The Morgan fingerprint density at radius 1 is 0.439 bits per heavy atom. The van der Waals surface area contributed by atoms with Crippen LogP contribution in [0.3, 0.4) is 0 Å². The lowest BCUT2D eigenvalue weighted by molar-refractivity contribution is 0.680. The Bertz CT molecular complexity index is 3390. The molecule has 57 heavy (non-hydrogen) atoms. The minimum Gasteiger partial charge on any atom is -0.344 e. The zero-order valence-electron chi connectivity index (χ0n) is 30.6. The van der Waals surface area contributed by atoms with Gasteiger partial charge in [0.1, 0.15) is 12.0 Å². The van der Waals surface area contributed by atoms with Crippen LogP contribution in [0.5, 0.6) is 0 Å². The number of para-hydroxylation sites is 2. The predicted octanol–water partition coefficient (Wildman–Crippen LogP) is 13.7. The van der Waals surface area contributed by atoms with Gasteiger partial charge in [0, 0.05) is 73.5 Å². The number of aliphatic imine (C=N–C) groups is 2. The Kier molecular flexibility index (Phi) is 7.30. The van der Waals surface area contributed by atoms with Gasteiger partial charge in [0.25, 0.3) is 0 Å². The molecule has 1 N–H and O–H groups in total. The fourth-order valence-corrected chi connectivity index (χ4v) is 11.0. The average Bonchev–Trinajstić information content (AvgIpc) is 3.95. The van der Waals surface area contributed by atoms with Gasteiger partial charge in [-0.1, -0.05) is 140 Å². The second-order valence-electron chi connectivity index (χ2n) is 14.6. The number of amidine groups is 2. The molecule has 4 nitrogen and oxygen atoms in total. The number of benzene rings is 8. The van der Waals surface area contributed by atoms with Crippen LogP contribution in [0.15, 0.2) is 192 Å². The third-order valence-electron chi connectivity index (χ3n) is 11.3. The minimum absolute atomic E-state index is 0.283. The molecule has 0 radical (unpaired) electrons. The molecule has 12 rings (SSSR count). The van der Waals surface area contributed by atoms with Crippen molar-refractivity contribution >= 4 is 96.5 Å². The number of nitrogens with zero attached hydrogens (tertiary/aromatic N) is 3. The van der Waals surface area contributed by atoms with Crippen molar-refractivity contribution in [3.05, 3.63) is 199 Å². The highest BCUT2D eigenvalue weighted by molar-refractivity contribution is 7.26. The fraction of sp³-hybridized carbons (Fsp3) is 0.0196. The summed E-state index contributed by atoms with van der Waals surface area (Å²) in [5.74, 6) is 1.56. The summed E-state index contributed by atoms with van der Waals surface area (Å²) in [6, 6.07) is 65.5. The molecule has 11 aromatic rings. The molecular weight excluding hydrogens is 733 g/mol. The Labute approximate surface area is 336 Å². The Balaban J connectivity index is 0.931. The first kappa shape index (κ1) is 32.4. The van der Waals surface area contributed by atoms with Gasteiger partial charge >= 0.3 is 0 Å². The van der Waals surface area contributed by atoms with Crippen LogP contribution in [0.2, 0.25) is 0 Å². The number of fused-ring (bicyclic) bond motifs is 9. The molecular formula is C51H32N4S2. The monoisotopic (exact) mass is 764 g/mol. The lowest BCUT2D eigenvalue weighted by Gasteiger charge is -2.24. The van der Waals surface area contributed by atoms with Crippen LogP contribution >= 0.6 is 22.7 Å². The first-order valence-corrected chi connectivity index (χ1v) is 20.8. The SMILES string of the molecule is c1ccc(C2=NC(c3cccc4c3sc3cc(-c5ccc6sc7cc(-n8c9ccccc9c9ccccc98)ccc7c6c5)ccc34)NC(c3ccccc3)=N2)cc1. The van der Waals surface area contributed by atoms with Crippen molar-refractivity contribution in [3.63, 3.8) is 0 Å². The molecule has 0 saturated heterocycles. The van der Waals surface area contributed by atoms with Crippen LogP contribution in [0.1, 0.15) is 22.9 Å². The maximum Gasteiger partial charge on any atom is 0.159 e. The van der Waals surface area contributed by atoms with E-state index in [4.69, 9.17) is 9.98 Å². The van der Waals surface area contributed by atoms with E-state index >= 15 is 0 Å². The summed E-state index contributed by atoms with van der Waals surface area (Å²) < 4.78 is 7.51. The number of thiophene rings is 2. The molecule has 0 amide bonds. The summed E-state index contributed by atoms with van der Waals surface area (Å²) >= 11 is 3.71. The third-order valence-corrected chi connectivity index (χ3v) is 13.6. The van der Waals surface area contributed by atoms with Crippen LogP contribution < -0.4 is 5.32 Å². The number of hydrogen-bond donors (Lipinski definition) is 1. The predicted molar refractivity (Wildman–Crippen MR) is 244 cm³/mol. The van der Waals surface area contributed by atoms with E-state index in [0.717, 1.165) is 28.4 Å². The maximum absolute atomic E-state index is 5.20. The molecule has 1 atom stereocenters. The molecule has 6 heteroatoms. The van der Waals surface area contributed by atoms with Gasteiger partial charge in [0.05, 0.1) is 11.0 Å². The molecule has 0 aliphatic carbocycles. The molecule has 0 bridgehead atoms. The van der Waals surface area contributed by atoms with E-state index in [1.807, 2.05) is 46.9 Å². The summed E-state index contributed by atoms with van der Waals surface area (Å²) in [6.45, 7) is 0. The van der Waals surface area contributed by atoms with Gasteiger partial charge in [0.2, 0.25) is 0 Å². The number of aromatic nitrogens is 1. The highest BCUT2D eigenvalue weighted by Crippen LogP contribution is 2.43. The van der Waals surface area contributed by atoms with Crippen molar-refractivity contribution < 1.29 is 0 Å². The zero-order valence-corrected chi connectivity index (χ0v) is 32.2. The average molecular weight is 765 g/mol. The van der Waals surface area contributed by atoms with Crippen LogP contribution in [-0.2, 0) is 0 Å². The quantitative estimate of drug-likeness (QED) is 0.186. The minimum atomic E-state index is -0.283. The third kappa shape index (κ3) is 5.26. The number of hydrogen-bond acceptors (Lipinski definition) is 5. The van der Waals surface area contributed by atoms with Crippen LogP contribution in [0.4, 0.5) is 0 Å². The molecule has 8 aromatic carbocycles. The summed E-state index contributed by atoms with van der Waals surface area (Å²) in [6.07, 6.45) is -0.283. The van der Waals surface area contributed by atoms with Crippen molar-refractivity contribution in [2.24, 2.45) is 9.98 Å². The highest BCUT2D eigenvalue weighted by Gasteiger charge is 2.24. The summed E-state index contributed by atoms with van der Waals surface area (Å²) in [4.78, 5) is 10.2. The second kappa shape index (κ2) is 12.8. The normalized spacial score (nSPS) is 14.5. The van der Waals surface area contributed by atoms with Gasteiger partial charge in [-0.3, -0.25) is 0 Å². The van der Waals surface area contributed by atoms with Crippen molar-refractivity contribution in [2.45, 2.75) is 6.17 Å². The van der Waals surface area contributed by atoms with E-state index in [-0.39, 0.29) is 6.17 Å². The topological polar surface area (TPSA) is 41.7 Å². The molecule has 3 aromatic heterocycles.